The summed E-state index contributed by atoms with van der Waals surface area (Å²) in [6.07, 6.45) is 0. The van der Waals surface area contributed by atoms with Crippen LogP contribution >= 0.6 is 0 Å². The highest BCUT2D eigenvalue weighted by Gasteiger charge is 2.12. The highest BCUT2D eigenvalue weighted by Crippen LogP contribution is 1.98. The van der Waals surface area contributed by atoms with E-state index in [1.54, 1.807) is 0 Å². The van der Waals surface area contributed by atoms with E-state index >= 15 is 0 Å². The van der Waals surface area contributed by atoms with E-state index in [1.807, 2.05) is 0 Å². The monoisotopic (exact) mass is 158 g/mol. The maximum Gasteiger partial charge on any atom is 0.429 e. The van der Waals surface area contributed by atoms with Gasteiger partial charge in [0.05, 0.1) is 0 Å². The molecule has 0 aliphatic rings. The second-order valence-electron chi connectivity index (χ2n) is 2.31. The Kier molecular flexibility index (Phi) is 7.95. The summed E-state index contributed by atoms with van der Waals surface area (Å²) >= 11 is -0.734. The van der Waals surface area contributed by atoms with Crippen molar-refractivity contribution in [2.45, 2.75) is 36.6 Å². The standard InChI is InChI=1S/3C2H5.2Al.O.H/c3*1-2;;;;/h3*1H2,2H3;;;;. The van der Waals surface area contributed by atoms with Gasteiger partial charge in [-0.15, -0.1) is 0 Å². The minimum Gasteiger partial charge on any atom is -0.639 e. The van der Waals surface area contributed by atoms with Crippen LogP contribution in [-0.2, 0) is 2.84 Å². The van der Waals surface area contributed by atoms with Crippen molar-refractivity contribution in [1.29, 1.82) is 0 Å². The molecule has 0 unspecified atom stereocenters. The highest BCUT2D eigenvalue weighted by atomic mass is 27.3. The first kappa shape index (κ1) is 10.0. The van der Waals surface area contributed by atoms with Crippen LogP contribution in [0.1, 0.15) is 20.8 Å². The van der Waals surface area contributed by atoms with Crippen LogP contribution in [0.4, 0.5) is 0 Å². The van der Waals surface area contributed by atoms with Gasteiger partial charge in [0.25, 0.3) is 0 Å². The molecule has 0 radical (unpaired) electrons. The Labute approximate surface area is 69.6 Å². The van der Waals surface area contributed by atoms with Gasteiger partial charge in [0.15, 0.2) is 0 Å². The third-order valence-electron chi connectivity index (χ3n) is 1.47. The molecule has 0 aromatic rings. The quantitative estimate of drug-likeness (QED) is 0.554. The van der Waals surface area contributed by atoms with Crippen LogP contribution in [0.25, 0.3) is 0 Å². The van der Waals surface area contributed by atoms with Crippen molar-refractivity contribution in [2.24, 2.45) is 0 Å². The van der Waals surface area contributed by atoms with Gasteiger partial charge in [0, 0.05) is 0 Å². The van der Waals surface area contributed by atoms with E-state index in [1.165, 1.54) is 15.8 Å². The molecule has 0 bridgehead atoms. The lowest BCUT2D eigenvalue weighted by Gasteiger charge is -2.06. The van der Waals surface area contributed by atoms with E-state index in [9.17, 15) is 0 Å². The molecule has 0 saturated heterocycles. The van der Waals surface area contributed by atoms with Crippen LogP contribution in [0.3, 0.4) is 0 Å². The van der Waals surface area contributed by atoms with Gasteiger partial charge in [-0.2, -0.15) is 0 Å². The van der Waals surface area contributed by atoms with Crippen LogP contribution in [-0.4, -0.2) is 30.0 Å². The summed E-state index contributed by atoms with van der Waals surface area (Å²) in [6.45, 7) is 6.73. The molecular weight excluding hydrogens is 142 g/mol. The first-order chi connectivity index (χ1) is 4.35. The summed E-state index contributed by atoms with van der Waals surface area (Å²) < 4.78 is 5.77. The molecule has 0 aromatic carbocycles. The Morgan fingerprint density at radius 1 is 1.22 bits per heavy atom. The second kappa shape index (κ2) is 7.14. The Balaban J connectivity index is 3.09. The van der Waals surface area contributed by atoms with E-state index in [0.717, 1.165) is 0 Å². The SMILES string of the molecule is C[CH2][AlH][O][Al]([CH2]C)[CH2]C. The third-order valence-corrected chi connectivity index (χ3v) is 6.53. The lowest BCUT2D eigenvalue weighted by Crippen LogP contribution is -2.17. The van der Waals surface area contributed by atoms with E-state index < -0.39 is 14.5 Å². The molecule has 0 aliphatic heterocycles. The van der Waals surface area contributed by atoms with E-state index in [0.29, 0.717) is 0 Å². The van der Waals surface area contributed by atoms with Crippen LogP contribution in [0.2, 0.25) is 15.8 Å². The molecular formula is C6H16Al2O. The van der Waals surface area contributed by atoms with Crippen molar-refractivity contribution in [1.82, 2.24) is 0 Å². The molecule has 0 spiro atoms. The number of hydrogen-bond donors (Lipinski definition) is 0. The summed E-state index contributed by atoms with van der Waals surface area (Å²) in [6, 6.07) is 0. The average molecular weight is 158 g/mol. The Morgan fingerprint density at radius 2 is 1.78 bits per heavy atom. The molecule has 52 valence electrons. The maximum absolute atomic E-state index is 5.77. The predicted molar refractivity (Wildman–Crippen MR) is 45.4 cm³/mol. The van der Waals surface area contributed by atoms with Gasteiger partial charge in [-0.3, -0.25) is 0 Å². The summed E-state index contributed by atoms with van der Waals surface area (Å²) in [7, 11) is 0. The minimum absolute atomic E-state index is 0.0860. The lowest BCUT2D eigenvalue weighted by molar-refractivity contribution is 0.605. The van der Waals surface area contributed by atoms with Gasteiger partial charge in [-0.05, 0) is 0 Å². The maximum atomic E-state index is 5.77. The zero-order chi connectivity index (χ0) is 7.11. The molecule has 0 saturated carbocycles. The van der Waals surface area contributed by atoms with Crippen LogP contribution < -0.4 is 0 Å². The van der Waals surface area contributed by atoms with Gasteiger partial charge in [0.1, 0.15) is 0 Å². The molecule has 1 nitrogen and oxygen atoms in total. The normalized spacial score (nSPS) is 9.22. The molecule has 0 aliphatic carbocycles. The topological polar surface area (TPSA) is 9.23 Å². The van der Waals surface area contributed by atoms with Crippen molar-refractivity contribution in [3.05, 3.63) is 0 Å². The van der Waals surface area contributed by atoms with Gasteiger partial charge in [0.2, 0.25) is 0 Å². The third kappa shape index (κ3) is 5.47. The molecule has 0 heterocycles. The van der Waals surface area contributed by atoms with E-state index in [2.05, 4.69) is 20.8 Å². The second-order valence-corrected chi connectivity index (χ2v) is 7.93. The van der Waals surface area contributed by atoms with Gasteiger partial charge >= 0.3 is 30.0 Å². The van der Waals surface area contributed by atoms with Gasteiger partial charge < -0.3 is 2.84 Å². The van der Waals surface area contributed by atoms with Crippen LogP contribution in [0.5, 0.6) is 0 Å². The predicted octanol–water partition coefficient (Wildman–Crippen LogP) is 1.82. The fourth-order valence-corrected chi connectivity index (χ4v) is 5.55. The summed E-state index contributed by atoms with van der Waals surface area (Å²) in [4.78, 5) is 0. The molecule has 0 rings (SSSR count). The molecule has 0 aromatic heterocycles. The van der Waals surface area contributed by atoms with Crippen molar-refractivity contribution in [3.8, 4) is 0 Å². The van der Waals surface area contributed by atoms with Crippen molar-refractivity contribution in [2.75, 3.05) is 0 Å². The average Bonchev–Trinajstić information content (AvgIpc) is 1.91. The Morgan fingerprint density at radius 3 is 2.11 bits per heavy atom. The zero-order valence-corrected chi connectivity index (χ0v) is 9.38. The van der Waals surface area contributed by atoms with Gasteiger partial charge in [-0.25, -0.2) is 0 Å². The molecule has 0 atom stereocenters. The zero-order valence-electron chi connectivity index (χ0n) is 6.81. The first-order valence-corrected chi connectivity index (χ1v) is 7.64. The lowest BCUT2D eigenvalue weighted by atomic mass is 10.9. The van der Waals surface area contributed by atoms with Crippen molar-refractivity contribution < 1.29 is 2.84 Å². The van der Waals surface area contributed by atoms with Crippen LogP contribution in [0, 0.1) is 0 Å². The Hall–Kier alpha value is 1.02. The summed E-state index contributed by atoms with van der Waals surface area (Å²) in [5.74, 6) is 0. The van der Waals surface area contributed by atoms with E-state index in [-0.39, 0.29) is 15.6 Å². The highest BCUT2D eigenvalue weighted by molar-refractivity contribution is 6.58. The summed E-state index contributed by atoms with van der Waals surface area (Å²) in [5, 5.41) is 3.95. The minimum atomic E-state index is -0.648. The van der Waals surface area contributed by atoms with E-state index in [4.69, 9.17) is 2.84 Å². The smallest absolute Gasteiger partial charge is 0.429 e. The van der Waals surface area contributed by atoms with Gasteiger partial charge in [-0.1, -0.05) is 36.6 Å². The Bertz CT molecular complexity index is 55.0. The van der Waals surface area contributed by atoms with Crippen molar-refractivity contribution >= 4 is 30.0 Å². The molecule has 0 N–H and O–H groups in total. The fraction of sp³-hybridized carbons (Fsp3) is 1.00. The fourth-order valence-electron chi connectivity index (χ4n) is 0.809. The largest absolute Gasteiger partial charge is 0.639 e. The molecule has 9 heavy (non-hydrogen) atoms. The number of rotatable bonds is 5. The van der Waals surface area contributed by atoms with Crippen molar-refractivity contribution in [3.63, 3.8) is 0 Å². The first-order valence-electron chi connectivity index (χ1n) is 3.96. The number of hydrogen-bond acceptors (Lipinski definition) is 1. The molecule has 0 amide bonds. The van der Waals surface area contributed by atoms with Crippen LogP contribution in [0.15, 0.2) is 0 Å². The molecule has 3 heteroatoms. The molecule has 0 fully saturated rings. The summed E-state index contributed by atoms with van der Waals surface area (Å²) in [5.41, 5.74) is 0.